The van der Waals surface area contributed by atoms with Gasteiger partial charge in [-0.05, 0) is 37.1 Å². The number of carbonyl (C=O) groups is 1. The van der Waals surface area contributed by atoms with E-state index in [1.807, 2.05) is 13.0 Å². The molecule has 1 aromatic rings. The summed E-state index contributed by atoms with van der Waals surface area (Å²) in [5.74, 6) is -0.489. The van der Waals surface area contributed by atoms with Crippen LogP contribution in [0.5, 0.6) is 0 Å². The average molecular weight is 218 g/mol. The average Bonchev–Trinajstić information content (AvgIpc) is 2.29. The Hall–Kier alpha value is -2.02. The zero-order valence-electron chi connectivity index (χ0n) is 9.36. The number of nitrogens with two attached hydrogens (primary N) is 1. The molecule has 2 N–H and O–H groups in total. The first-order chi connectivity index (χ1) is 7.58. The Bertz CT molecular complexity index is 435. The lowest BCUT2D eigenvalue weighted by molar-refractivity contribution is 0.0401. The molecular weight excluding hydrogens is 204 g/mol. The lowest BCUT2D eigenvalue weighted by Crippen LogP contribution is -2.15. The molecule has 0 saturated carbocycles. The second-order valence-electron chi connectivity index (χ2n) is 3.50. The molecule has 0 radical (unpaired) electrons. The van der Waals surface area contributed by atoms with Crippen molar-refractivity contribution in [2.75, 3.05) is 5.73 Å². The van der Waals surface area contributed by atoms with Gasteiger partial charge in [0.2, 0.25) is 0 Å². The maximum atomic E-state index is 11.6. The van der Waals surface area contributed by atoms with Crippen molar-refractivity contribution in [3.63, 3.8) is 0 Å². The number of hydrogen-bond acceptors (Lipinski definition) is 4. The van der Waals surface area contributed by atoms with Crippen LogP contribution in [0.2, 0.25) is 0 Å². The predicted molar refractivity (Wildman–Crippen MR) is 60.7 cm³/mol. The summed E-state index contributed by atoms with van der Waals surface area (Å²) in [6.45, 7) is 3.60. The van der Waals surface area contributed by atoms with Crippen LogP contribution < -0.4 is 5.73 Å². The number of nitrogens with zero attached hydrogens (tertiary/aromatic N) is 1. The van der Waals surface area contributed by atoms with E-state index in [9.17, 15) is 4.79 Å². The van der Waals surface area contributed by atoms with Crippen molar-refractivity contribution < 1.29 is 9.53 Å². The molecule has 16 heavy (non-hydrogen) atoms. The van der Waals surface area contributed by atoms with Gasteiger partial charge in [0, 0.05) is 5.69 Å². The largest absolute Gasteiger partial charge is 0.443 e. The fourth-order valence-corrected chi connectivity index (χ4v) is 1.20. The van der Waals surface area contributed by atoms with E-state index in [2.05, 4.69) is 0 Å². The zero-order valence-corrected chi connectivity index (χ0v) is 9.36. The SMILES string of the molecule is CCC(C#N)OC(=O)c1ccc(N)c(C)c1. The molecule has 1 atom stereocenters. The van der Waals surface area contributed by atoms with Gasteiger partial charge < -0.3 is 10.5 Å². The van der Waals surface area contributed by atoms with Gasteiger partial charge in [0.15, 0.2) is 6.10 Å². The second kappa shape index (κ2) is 5.17. The molecule has 0 aliphatic carbocycles. The summed E-state index contributed by atoms with van der Waals surface area (Å²) in [6, 6.07) is 6.81. The van der Waals surface area contributed by atoms with E-state index in [4.69, 9.17) is 15.7 Å². The molecule has 0 amide bonds. The Morgan fingerprint density at radius 3 is 2.81 bits per heavy atom. The Morgan fingerprint density at radius 1 is 1.62 bits per heavy atom. The van der Waals surface area contributed by atoms with Crippen LogP contribution >= 0.6 is 0 Å². The molecule has 0 aromatic heterocycles. The fraction of sp³-hybridized carbons (Fsp3) is 0.333. The van der Waals surface area contributed by atoms with E-state index in [-0.39, 0.29) is 0 Å². The molecule has 4 heteroatoms. The van der Waals surface area contributed by atoms with E-state index in [1.54, 1.807) is 25.1 Å². The van der Waals surface area contributed by atoms with Crippen molar-refractivity contribution in [1.29, 1.82) is 5.26 Å². The van der Waals surface area contributed by atoms with Crippen LogP contribution in [0.15, 0.2) is 18.2 Å². The van der Waals surface area contributed by atoms with Crippen molar-refractivity contribution in [3.05, 3.63) is 29.3 Å². The molecule has 0 aliphatic heterocycles. The second-order valence-corrected chi connectivity index (χ2v) is 3.50. The van der Waals surface area contributed by atoms with Crippen molar-refractivity contribution in [2.45, 2.75) is 26.4 Å². The summed E-state index contributed by atoms with van der Waals surface area (Å²) < 4.78 is 4.99. The van der Waals surface area contributed by atoms with Crippen molar-refractivity contribution >= 4 is 11.7 Å². The van der Waals surface area contributed by atoms with E-state index in [0.29, 0.717) is 17.7 Å². The van der Waals surface area contributed by atoms with E-state index >= 15 is 0 Å². The van der Waals surface area contributed by atoms with Crippen LogP contribution in [0.1, 0.15) is 29.3 Å². The minimum atomic E-state index is -0.689. The number of carbonyl (C=O) groups excluding carboxylic acids is 1. The number of nitrogen functional groups attached to an aromatic ring is 1. The van der Waals surface area contributed by atoms with Crippen LogP contribution in [0.3, 0.4) is 0 Å². The minimum Gasteiger partial charge on any atom is -0.443 e. The Kier molecular flexibility index (Phi) is 3.90. The topological polar surface area (TPSA) is 76.1 Å². The monoisotopic (exact) mass is 218 g/mol. The van der Waals surface area contributed by atoms with Crippen molar-refractivity contribution in [3.8, 4) is 6.07 Å². The normalized spacial score (nSPS) is 11.6. The molecule has 0 spiro atoms. The first-order valence-corrected chi connectivity index (χ1v) is 5.05. The van der Waals surface area contributed by atoms with Gasteiger partial charge in [0.05, 0.1) is 5.56 Å². The van der Waals surface area contributed by atoms with Crippen LogP contribution in [0.4, 0.5) is 5.69 Å². The van der Waals surface area contributed by atoms with E-state index in [0.717, 1.165) is 5.56 Å². The molecule has 1 aromatic carbocycles. The van der Waals surface area contributed by atoms with Crippen LogP contribution in [-0.4, -0.2) is 12.1 Å². The van der Waals surface area contributed by atoms with Gasteiger partial charge in [-0.3, -0.25) is 0 Å². The fourth-order valence-electron chi connectivity index (χ4n) is 1.20. The lowest BCUT2D eigenvalue weighted by atomic mass is 10.1. The van der Waals surface area contributed by atoms with Gasteiger partial charge >= 0.3 is 5.97 Å². The van der Waals surface area contributed by atoms with Crippen molar-refractivity contribution in [1.82, 2.24) is 0 Å². The quantitative estimate of drug-likeness (QED) is 0.622. The molecule has 1 unspecified atom stereocenters. The van der Waals surface area contributed by atoms with Gasteiger partial charge in [-0.1, -0.05) is 6.92 Å². The molecule has 0 heterocycles. The first-order valence-electron chi connectivity index (χ1n) is 5.05. The number of nitriles is 1. The molecule has 84 valence electrons. The molecule has 4 nitrogen and oxygen atoms in total. The highest BCUT2D eigenvalue weighted by molar-refractivity contribution is 5.90. The standard InChI is InChI=1S/C12H14N2O2/c1-3-10(7-13)16-12(15)9-4-5-11(14)8(2)6-9/h4-6,10H,3,14H2,1-2H3. The molecule has 0 saturated heterocycles. The summed E-state index contributed by atoms with van der Waals surface area (Å²) in [4.78, 5) is 11.6. The molecular formula is C12H14N2O2. The maximum absolute atomic E-state index is 11.6. The number of hydrogen-bond donors (Lipinski definition) is 1. The van der Waals surface area contributed by atoms with Gasteiger partial charge in [-0.15, -0.1) is 0 Å². The van der Waals surface area contributed by atoms with Crippen molar-refractivity contribution in [2.24, 2.45) is 0 Å². The summed E-state index contributed by atoms with van der Waals surface area (Å²) in [5.41, 5.74) is 7.50. The summed E-state index contributed by atoms with van der Waals surface area (Å²) >= 11 is 0. The molecule has 0 fully saturated rings. The highest BCUT2D eigenvalue weighted by Crippen LogP contribution is 2.14. The first kappa shape index (κ1) is 12.1. The summed E-state index contributed by atoms with van der Waals surface area (Å²) in [5, 5.41) is 8.67. The third-order valence-electron chi connectivity index (χ3n) is 2.27. The van der Waals surface area contributed by atoms with Gasteiger partial charge in [0.25, 0.3) is 0 Å². The Balaban J connectivity index is 2.81. The van der Waals surface area contributed by atoms with Crippen LogP contribution in [-0.2, 0) is 4.74 Å². The molecule has 1 rings (SSSR count). The Morgan fingerprint density at radius 2 is 2.31 bits per heavy atom. The third kappa shape index (κ3) is 2.74. The molecule has 0 bridgehead atoms. The maximum Gasteiger partial charge on any atom is 0.339 e. The minimum absolute atomic E-state index is 0.417. The number of benzene rings is 1. The predicted octanol–water partition coefficient (Wildman–Crippen LogP) is 2.04. The summed E-state index contributed by atoms with van der Waals surface area (Å²) in [6.07, 6.45) is -0.207. The Labute approximate surface area is 94.6 Å². The highest BCUT2D eigenvalue weighted by Gasteiger charge is 2.13. The smallest absolute Gasteiger partial charge is 0.339 e. The number of aryl methyl sites for hydroxylation is 1. The summed E-state index contributed by atoms with van der Waals surface area (Å²) in [7, 11) is 0. The van der Waals surface area contributed by atoms with Gasteiger partial charge in [-0.25, -0.2) is 4.79 Å². The number of anilines is 1. The van der Waals surface area contributed by atoms with E-state index < -0.39 is 12.1 Å². The van der Waals surface area contributed by atoms with Crippen LogP contribution in [0.25, 0.3) is 0 Å². The highest BCUT2D eigenvalue weighted by atomic mass is 16.5. The van der Waals surface area contributed by atoms with Gasteiger partial charge in [0.1, 0.15) is 6.07 Å². The number of ether oxygens (including phenoxy) is 1. The zero-order chi connectivity index (χ0) is 12.1. The van der Waals surface area contributed by atoms with Crippen LogP contribution in [0, 0.1) is 18.3 Å². The lowest BCUT2D eigenvalue weighted by Gasteiger charge is -2.09. The number of esters is 1. The van der Waals surface area contributed by atoms with E-state index in [1.165, 1.54) is 0 Å². The number of rotatable bonds is 3. The molecule has 0 aliphatic rings. The third-order valence-corrected chi connectivity index (χ3v) is 2.27. The van der Waals surface area contributed by atoms with Gasteiger partial charge in [-0.2, -0.15) is 5.26 Å².